The lowest BCUT2D eigenvalue weighted by molar-refractivity contribution is -0.127. The number of nitrogens with one attached hydrogen (secondary N) is 1. The molecule has 2 aromatic rings. The Kier molecular flexibility index (Phi) is 6.41. The first-order valence-corrected chi connectivity index (χ1v) is 11.3. The summed E-state index contributed by atoms with van der Waals surface area (Å²) in [5.74, 6) is 0.229. The number of thiophene rings is 1. The standard InChI is InChI=1S/C18H21ClN2O4S2/c1-13(25-15-6-4-5-14(19)11-15)18(22)20-12-16-7-8-17(26-16)27(23,24)21-9-2-3-10-21/h4-8,11,13H,2-3,9-10,12H2,1H3,(H,20,22)/t13-/m1/s1. The first-order chi connectivity index (χ1) is 12.9. The minimum atomic E-state index is -3.42. The lowest BCUT2D eigenvalue weighted by Crippen LogP contribution is -2.35. The summed E-state index contributed by atoms with van der Waals surface area (Å²) in [5.41, 5.74) is 0. The van der Waals surface area contributed by atoms with Crippen molar-refractivity contribution in [1.82, 2.24) is 9.62 Å². The monoisotopic (exact) mass is 428 g/mol. The van der Waals surface area contributed by atoms with Crippen LogP contribution in [-0.4, -0.2) is 37.8 Å². The van der Waals surface area contributed by atoms with Crippen LogP contribution in [0, 0.1) is 0 Å². The Labute approximate surface area is 168 Å². The van der Waals surface area contributed by atoms with E-state index in [4.69, 9.17) is 16.3 Å². The van der Waals surface area contributed by atoms with E-state index in [-0.39, 0.29) is 12.5 Å². The quantitative estimate of drug-likeness (QED) is 0.734. The van der Waals surface area contributed by atoms with Gasteiger partial charge in [0.25, 0.3) is 15.9 Å². The Morgan fingerprint density at radius 2 is 2.04 bits per heavy atom. The summed E-state index contributed by atoms with van der Waals surface area (Å²) in [6.45, 7) is 3.05. The highest BCUT2D eigenvalue weighted by molar-refractivity contribution is 7.91. The Morgan fingerprint density at radius 1 is 1.30 bits per heavy atom. The van der Waals surface area contributed by atoms with Crippen LogP contribution in [0.4, 0.5) is 0 Å². The van der Waals surface area contributed by atoms with Gasteiger partial charge in [-0.2, -0.15) is 4.31 Å². The molecule has 2 heterocycles. The second kappa shape index (κ2) is 8.60. The van der Waals surface area contributed by atoms with Crippen molar-refractivity contribution in [2.75, 3.05) is 13.1 Å². The van der Waals surface area contributed by atoms with E-state index in [9.17, 15) is 13.2 Å². The Morgan fingerprint density at radius 3 is 2.74 bits per heavy atom. The average Bonchev–Trinajstić information content (AvgIpc) is 3.32. The molecule has 0 spiro atoms. The SMILES string of the molecule is C[C@@H](Oc1cccc(Cl)c1)C(=O)NCc1ccc(S(=O)(=O)N2CCCC2)s1. The van der Waals surface area contributed by atoms with Gasteiger partial charge in [-0.25, -0.2) is 8.42 Å². The van der Waals surface area contributed by atoms with Gasteiger partial charge >= 0.3 is 0 Å². The highest BCUT2D eigenvalue weighted by Crippen LogP contribution is 2.27. The van der Waals surface area contributed by atoms with Crippen LogP contribution < -0.4 is 10.1 Å². The van der Waals surface area contributed by atoms with Crippen molar-refractivity contribution in [2.45, 2.75) is 36.6 Å². The number of ether oxygens (including phenoxy) is 1. The predicted molar refractivity (Wildman–Crippen MR) is 106 cm³/mol. The molecule has 9 heteroatoms. The molecule has 0 saturated carbocycles. The molecule has 1 N–H and O–H groups in total. The van der Waals surface area contributed by atoms with Crippen molar-refractivity contribution >= 4 is 38.9 Å². The van der Waals surface area contributed by atoms with Crippen molar-refractivity contribution in [2.24, 2.45) is 0 Å². The number of halogens is 1. The van der Waals surface area contributed by atoms with Gasteiger partial charge in [0.15, 0.2) is 6.10 Å². The molecule has 1 fully saturated rings. The molecule has 146 valence electrons. The normalized spacial score (nSPS) is 16.2. The number of sulfonamides is 1. The van der Waals surface area contributed by atoms with Crippen LogP contribution in [0.3, 0.4) is 0 Å². The smallest absolute Gasteiger partial charge is 0.261 e. The van der Waals surface area contributed by atoms with E-state index in [2.05, 4.69) is 5.32 Å². The molecule has 27 heavy (non-hydrogen) atoms. The molecule has 0 bridgehead atoms. The van der Waals surface area contributed by atoms with Crippen molar-refractivity contribution in [1.29, 1.82) is 0 Å². The number of nitrogens with zero attached hydrogens (tertiary/aromatic N) is 1. The van der Waals surface area contributed by atoms with E-state index in [0.29, 0.717) is 28.1 Å². The van der Waals surface area contributed by atoms with E-state index < -0.39 is 16.1 Å². The van der Waals surface area contributed by atoms with Crippen LogP contribution in [-0.2, 0) is 21.4 Å². The van der Waals surface area contributed by atoms with Crippen molar-refractivity contribution in [3.63, 3.8) is 0 Å². The molecule has 0 aliphatic carbocycles. The van der Waals surface area contributed by atoms with Crippen LogP contribution in [0.5, 0.6) is 5.75 Å². The zero-order valence-corrected chi connectivity index (χ0v) is 17.2. The summed E-state index contributed by atoms with van der Waals surface area (Å²) in [7, 11) is -3.42. The molecule has 0 unspecified atom stereocenters. The number of carbonyl (C=O) groups excluding carboxylic acids is 1. The van der Waals surface area contributed by atoms with Crippen LogP contribution in [0.25, 0.3) is 0 Å². The summed E-state index contributed by atoms with van der Waals surface area (Å²) in [4.78, 5) is 13.0. The van der Waals surface area contributed by atoms with E-state index in [1.54, 1.807) is 43.3 Å². The van der Waals surface area contributed by atoms with E-state index in [1.807, 2.05) is 0 Å². The van der Waals surface area contributed by atoms with Gasteiger partial charge in [-0.15, -0.1) is 11.3 Å². The Balaban J connectivity index is 1.55. The van der Waals surface area contributed by atoms with Gasteiger partial charge in [-0.1, -0.05) is 17.7 Å². The molecule has 1 atom stereocenters. The predicted octanol–water partition coefficient (Wildman–Crippen LogP) is 3.27. The topological polar surface area (TPSA) is 75.7 Å². The van der Waals surface area contributed by atoms with Crippen molar-refractivity contribution < 1.29 is 17.9 Å². The van der Waals surface area contributed by atoms with Crippen LogP contribution in [0.1, 0.15) is 24.6 Å². The highest BCUT2D eigenvalue weighted by atomic mass is 35.5. The Hall–Kier alpha value is -1.61. The number of hydrogen-bond acceptors (Lipinski definition) is 5. The molecule has 0 radical (unpaired) electrons. The summed E-state index contributed by atoms with van der Waals surface area (Å²) in [5, 5.41) is 3.31. The summed E-state index contributed by atoms with van der Waals surface area (Å²) < 4.78 is 32.5. The van der Waals surface area contributed by atoms with Gasteiger partial charge < -0.3 is 10.1 Å². The molecule has 1 amide bonds. The molecule has 1 saturated heterocycles. The molecule has 6 nitrogen and oxygen atoms in total. The number of benzene rings is 1. The number of hydrogen-bond donors (Lipinski definition) is 1. The molecule has 3 rings (SSSR count). The number of carbonyl (C=O) groups is 1. The molecule has 1 aromatic heterocycles. The fourth-order valence-corrected chi connectivity index (χ4v) is 5.91. The minimum Gasteiger partial charge on any atom is -0.481 e. The van der Waals surface area contributed by atoms with Gasteiger partial charge in [0.2, 0.25) is 0 Å². The minimum absolute atomic E-state index is 0.252. The molecular weight excluding hydrogens is 408 g/mol. The second-order valence-electron chi connectivity index (χ2n) is 6.27. The third kappa shape index (κ3) is 5.01. The Bertz CT molecular complexity index is 908. The van der Waals surface area contributed by atoms with Gasteiger partial charge in [0.1, 0.15) is 9.96 Å². The third-order valence-electron chi connectivity index (χ3n) is 4.21. The zero-order chi connectivity index (χ0) is 19.4. The zero-order valence-electron chi connectivity index (χ0n) is 14.9. The lowest BCUT2D eigenvalue weighted by atomic mass is 10.3. The van der Waals surface area contributed by atoms with E-state index in [1.165, 1.54) is 15.6 Å². The first-order valence-electron chi connectivity index (χ1n) is 8.65. The summed E-state index contributed by atoms with van der Waals surface area (Å²) >= 11 is 7.09. The highest BCUT2D eigenvalue weighted by Gasteiger charge is 2.28. The fraction of sp³-hybridized carbons (Fsp3) is 0.389. The second-order valence-corrected chi connectivity index (χ2v) is 10.0. The molecule has 1 aliphatic rings. The average molecular weight is 429 g/mol. The maximum Gasteiger partial charge on any atom is 0.261 e. The molecule has 1 aromatic carbocycles. The first kappa shape index (κ1) is 20.1. The summed E-state index contributed by atoms with van der Waals surface area (Å²) in [6, 6.07) is 10.2. The number of amides is 1. The van der Waals surface area contributed by atoms with Gasteiger partial charge in [-0.3, -0.25) is 4.79 Å². The van der Waals surface area contributed by atoms with Gasteiger partial charge in [-0.05, 0) is 50.1 Å². The molecule has 1 aliphatic heterocycles. The van der Waals surface area contributed by atoms with Crippen LogP contribution in [0.15, 0.2) is 40.6 Å². The fourth-order valence-electron chi connectivity index (χ4n) is 2.76. The maximum absolute atomic E-state index is 12.5. The van der Waals surface area contributed by atoms with E-state index in [0.717, 1.165) is 17.7 Å². The van der Waals surface area contributed by atoms with Crippen molar-refractivity contribution in [3.05, 3.63) is 46.3 Å². The largest absolute Gasteiger partial charge is 0.481 e. The third-order valence-corrected chi connectivity index (χ3v) is 7.90. The molecular formula is C18H21ClN2O4S2. The number of rotatable bonds is 7. The van der Waals surface area contributed by atoms with Gasteiger partial charge in [0, 0.05) is 23.0 Å². The van der Waals surface area contributed by atoms with Crippen LogP contribution >= 0.6 is 22.9 Å². The maximum atomic E-state index is 12.5. The lowest BCUT2D eigenvalue weighted by Gasteiger charge is -2.14. The summed E-state index contributed by atoms with van der Waals surface area (Å²) in [6.07, 6.45) is 1.10. The van der Waals surface area contributed by atoms with Crippen molar-refractivity contribution in [3.8, 4) is 5.75 Å². The van der Waals surface area contributed by atoms with Crippen LogP contribution in [0.2, 0.25) is 5.02 Å². The van der Waals surface area contributed by atoms with Gasteiger partial charge in [0.05, 0.1) is 6.54 Å². The van der Waals surface area contributed by atoms with E-state index >= 15 is 0 Å².